The smallest absolute Gasteiger partial charge is 0.354 e. The minimum atomic E-state index is -0.732. The van der Waals surface area contributed by atoms with Crippen LogP contribution in [-0.4, -0.2) is 16.2 Å². The van der Waals surface area contributed by atoms with Crippen molar-refractivity contribution in [2.75, 3.05) is 0 Å². The fraction of sp³-hybridized carbons (Fsp3) is 0.100. The van der Waals surface area contributed by atoms with Crippen LogP contribution in [0, 0.1) is 0 Å². The number of para-hydroxylation sites is 1. The van der Waals surface area contributed by atoms with Crippen molar-refractivity contribution in [1.82, 2.24) is 0 Å². The second-order valence-electron chi connectivity index (χ2n) is 3.16. The lowest BCUT2D eigenvalue weighted by Crippen LogP contribution is -2.07. The van der Waals surface area contributed by atoms with Crippen molar-refractivity contribution >= 4 is 5.97 Å². The molecule has 1 atom stereocenters. The highest BCUT2D eigenvalue weighted by atomic mass is 16.5. The van der Waals surface area contributed by atoms with Crippen LogP contribution in [0.2, 0.25) is 0 Å². The quantitative estimate of drug-likeness (QED) is 0.461. The molecule has 0 aliphatic carbocycles. The van der Waals surface area contributed by atoms with Crippen molar-refractivity contribution < 1.29 is 19.7 Å². The minimum absolute atomic E-state index is 0.00254. The van der Waals surface area contributed by atoms with Crippen LogP contribution in [0.25, 0.3) is 0 Å². The average Bonchev–Trinajstić information content (AvgIpc) is 2.51. The zero-order valence-corrected chi connectivity index (χ0v) is 7.68. The van der Waals surface area contributed by atoms with Crippen LogP contribution >= 0.6 is 0 Å². The van der Waals surface area contributed by atoms with Crippen molar-refractivity contribution in [2.45, 2.75) is 6.10 Å². The molecule has 1 heterocycles. The number of benzene rings is 1. The van der Waals surface area contributed by atoms with E-state index in [1.807, 2.05) is 0 Å². The molecule has 78 valence electrons. The van der Waals surface area contributed by atoms with E-state index in [9.17, 15) is 15.0 Å². The molecule has 1 aliphatic rings. The van der Waals surface area contributed by atoms with Crippen LogP contribution in [0.5, 0.6) is 11.5 Å². The van der Waals surface area contributed by atoms with Crippen molar-refractivity contribution in [3.63, 3.8) is 0 Å². The number of nitrogens with two attached hydrogens (primary N) is 1. The van der Waals surface area contributed by atoms with Gasteiger partial charge < -0.3 is 20.7 Å². The molecule has 1 aromatic carbocycles. The third-order valence-corrected chi connectivity index (χ3v) is 2.15. The van der Waals surface area contributed by atoms with Crippen LogP contribution in [-0.2, 0) is 9.53 Å². The van der Waals surface area contributed by atoms with Crippen molar-refractivity contribution in [2.24, 2.45) is 5.73 Å². The first-order valence-corrected chi connectivity index (χ1v) is 4.28. The molecule has 0 radical (unpaired) electrons. The molecule has 0 fully saturated rings. The number of rotatable bonds is 1. The number of phenolic OH excluding ortho intramolecular Hbond substituents is 2. The number of ether oxygens (including phenoxy) is 1. The first-order chi connectivity index (χ1) is 7.09. The predicted molar refractivity (Wildman–Crippen MR) is 50.9 cm³/mol. The maximum atomic E-state index is 11.0. The van der Waals surface area contributed by atoms with Crippen LogP contribution in [0.3, 0.4) is 0 Å². The highest BCUT2D eigenvalue weighted by Gasteiger charge is 2.27. The Hall–Kier alpha value is -2.17. The lowest BCUT2D eigenvalue weighted by Gasteiger charge is -2.10. The molecule has 0 amide bonds. The van der Waals surface area contributed by atoms with Crippen LogP contribution in [0.1, 0.15) is 11.7 Å². The Bertz CT molecular complexity index is 453. The Balaban J connectivity index is 2.40. The largest absolute Gasteiger partial charge is 0.504 e. The monoisotopic (exact) mass is 207 g/mol. The average molecular weight is 207 g/mol. The number of aromatic hydroxyl groups is 2. The van der Waals surface area contributed by atoms with Gasteiger partial charge in [0.1, 0.15) is 5.70 Å². The zero-order chi connectivity index (χ0) is 11.0. The fourth-order valence-corrected chi connectivity index (χ4v) is 1.38. The first-order valence-electron chi connectivity index (χ1n) is 4.28. The van der Waals surface area contributed by atoms with Crippen molar-refractivity contribution in [1.29, 1.82) is 0 Å². The van der Waals surface area contributed by atoms with Crippen LogP contribution < -0.4 is 5.73 Å². The summed E-state index contributed by atoms with van der Waals surface area (Å²) < 4.78 is 4.87. The van der Waals surface area contributed by atoms with Gasteiger partial charge in [-0.3, -0.25) is 0 Å². The summed E-state index contributed by atoms with van der Waals surface area (Å²) in [5.74, 6) is -1.19. The number of esters is 1. The standard InChI is InChI=1S/C10H9NO4/c11-6-4-8(15-10(6)14)5-2-1-3-7(12)9(5)13/h1-4,8,12-13H,11H2. The van der Waals surface area contributed by atoms with E-state index in [-0.39, 0.29) is 17.2 Å². The summed E-state index contributed by atoms with van der Waals surface area (Å²) in [4.78, 5) is 11.0. The molecular formula is C10H9NO4. The summed E-state index contributed by atoms with van der Waals surface area (Å²) in [5, 5.41) is 18.8. The Morgan fingerprint density at radius 3 is 2.67 bits per heavy atom. The van der Waals surface area contributed by atoms with Gasteiger partial charge in [-0.1, -0.05) is 12.1 Å². The number of carbonyl (C=O) groups is 1. The van der Waals surface area contributed by atoms with E-state index < -0.39 is 12.1 Å². The van der Waals surface area contributed by atoms with Gasteiger partial charge in [-0.15, -0.1) is 0 Å². The van der Waals surface area contributed by atoms with Crippen molar-refractivity contribution in [3.8, 4) is 11.5 Å². The summed E-state index contributed by atoms with van der Waals surface area (Å²) in [7, 11) is 0. The Morgan fingerprint density at radius 1 is 1.33 bits per heavy atom. The summed E-state index contributed by atoms with van der Waals surface area (Å²) in [6.07, 6.45) is 0.654. The molecule has 5 nitrogen and oxygen atoms in total. The van der Waals surface area contributed by atoms with E-state index in [4.69, 9.17) is 10.5 Å². The Morgan fingerprint density at radius 2 is 2.07 bits per heavy atom. The molecule has 0 spiro atoms. The van der Waals surface area contributed by atoms with Gasteiger partial charge in [0.25, 0.3) is 0 Å². The van der Waals surface area contributed by atoms with Crippen LogP contribution in [0.15, 0.2) is 30.0 Å². The van der Waals surface area contributed by atoms with E-state index in [2.05, 4.69) is 0 Å². The molecule has 1 aliphatic heterocycles. The first kappa shape index (κ1) is 9.39. The van der Waals surface area contributed by atoms with Gasteiger partial charge in [0.05, 0.1) is 0 Å². The molecule has 4 N–H and O–H groups in total. The second-order valence-corrected chi connectivity index (χ2v) is 3.16. The van der Waals surface area contributed by atoms with E-state index in [1.54, 1.807) is 12.1 Å². The number of hydrogen-bond donors (Lipinski definition) is 3. The predicted octanol–water partition coefficient (Wildman–Crippen LogP) is 0.538. The molecule has 0 saturated heterocycles. The topological polar surface area (TPSA) is 92.8 Å². The lowest BCUT2D eigenvalue weighted by atomic mass is 10.1. The van der Waals surface area contributed by atoms with E-state index >= 15 is 0 Å². The van der Waals surface area contributed by atoms with Gasteiger partial charge in [0.2, 0.25) is 0 Å². The maximum absolute atomic E-state index is 11.0. The number of phenols is 2. The molecule has 15 heavy (non-hydrogen) atoms. The molecular weight excluding hydrogens is 198 g/mol. The van der Waals surface area contributed by atoms with Gasteiger partial charge >= 0.3 is 5.97 Å². The van der Waals surface area contributed by atoms with Gasteiger partial charge in [0, 0.05) is 5.56 Å². The zero-order valence-electron chi connectivity index (χ0n) is 7.68. The SMILES string of the molecule is NC1=CC(c2cccc(O)c2O)OC1=O. The van der Waals surface area contributed by atoms with E-state index in [0.29, 0.717) is 5.56 Å². The number of hydrogen-bond acceptors (Lipinski definition) is 5. The van der Waals surface area contributed by atoms with Crippen molar-refractivity contribution in [3.05, 3.63) is 35.5 Å². The molecule has 0 bridgehead atoms. The fourth-order valence-electron chi connectivity index (χ4n) is 1.38. The summed E-state index contributed by atoms with van der Waals surface area (Å²) in [6, 6.07) is 4.42. The normalized spacial score (nSPS) is 19.9. The highest BCUT2D eigenvalue weighted by Crippen LogP contribution is 2.37. The highest BCUT2D eigenvalue weighted by molar-refractivity contribution is 5.90. The lowest BCUT2D eigenvalue weighted by molar-refractivity contribution is -0.139. The number of cyclic esters (lactones) is 1. The third-order valence-electron chi connectivity index (χ3n) is 2.15. The number of carbonyl (C=O) groups excluding carboxylic acids is 1. The second kappa shape index (κ2) is 3.20. The molecule has 1 unspecified atom stereocenters. The molecule has 2 rings (SSSR count). The van der Waals surface area contributed by atoms with E-state index in [1.165, 1.54) is 12.1 Å². The summed E-state index contributed by atoms with van der Waals surface area (Å²) in [5.41, 5.74) is 5.65. The molecule has 0 aromatic heterocycles. The maximum Gasteiger partial charge on any atom is 0.354 e. The van der Waals surface area contributed by atoms with Gasteiger partial charge in [-0.05, 0) is 12.1 Å². The van der Waals surface area contributed by atoms with Gasteiger partial charge in [-0.25, -0.2) is 4.79 Å². The molecule has 1 aromatic rings. The minimum Gasteiger partial charge on any atom is -0.504 e. The van der Waals surface area contributed by atoms with E-state index in [0.717, 1.165) is 0 Å². The molecule has 5 heteroatoms. The van der Waals surface area contributed by atoms with Gasteiger partial charge in [-0.2, -0.15) is 0 Å². The van der Waals surface area contributed by atoms with Crippen LogP contribution in [0.4, 0.5) is 0 Å². The summed E-state index contributed by atoms with van der Waals surface area (Å²) in [6.45, 7) is 0. The van der Waals surface area contributed by atoms with Gasteiger partial charge in [0.15, 0.2) is 17.6 Å². The third kappa shape index (κ3) is 1.48. The Labute approximate surface area is 85.4 Å². The summed E-state index contributed by atoms with van der Waals surface area (Å²) >= 11 is 0. The molecule has 0 saturated carbocycles. The Kier molecular flexibility index (Phi) is 2.00.